The monoisotopic (exact) mass is 605 g/mol. The quantitative estimate of drug-likeness (QED) is 0.112. The minimum Gasteiger partial charge on any atom is -0.475 e. The van der Waals surface area contributed by atoms with E-state index in [2.05, 4.69) is 0 Å². The lowest BCUT2D eigenvalue weighted by molar-refractivity contribution is -0.150. The van der Waals surface area contributed by atoms with Crippen LogP contribution in [0.25, 0.3) is 0 Å². The molecule has 0 spiro atoms. The van der Waals surface area contributed by atoms with Crippen LogP contribution >= 0.6 is 0 Å². The van der Waals surface area contributed by atoms with Crippen LogP contribution in [0.3, 0.4) is 0 Å². The molecule has 0 amide bonds. The topological polar surface area (TPSA) is 74.6 Å². The minimum absolute atomic E-state index is 0.00935. The lowest BCUT2D eigenvalue weighted by atomic mass is 10.0. The summed E-state index contributed by atoms with van der Waals surface area (Å²) in [6.45, 7) is 0. The van der Waals surface area contributed by atoms with Crippen LogP contribution in [0.5, 0.6) is 5.75 Å². The molecule has 0 aliphatic rings. The fraction of sp³-hybridized carbons (Fsp3) is 0.0750. The van der Waals surface area contributed by atoms with E-state index in [1.807, 2.05) is 140 Å². The van der Waals surface area contributed by atoms with Gasteiger partial charge in [-0.15, -0.1) is 0 Å². The highest BCUT2D eigenvalue weighted by Gasteiger charge is 2.30. The zero-order valence-corrected chi connectivity index (χ0v) is 24.9. The van der Waals surface area contributed by atoms with Crippen LogP contribution in [0, 0.1) is 0 Å². The van der Waals surface area contributed by atoms with Crippen molar-refractivity contribution >= 4 is 12.3 Å². The Morgan fingerprint density at radius 3 is 1.37 bits per heavy atom. The fourth-order valence-corrected chi connectivity index (χ4v) is 5.47. The number of esters is 1. The number of carbonyl (C=O) groups is 2. The van der Waals surface area contributed by atoms with E-state index >= 15 is 0 Å². The van der Waals surface area contributed by atoms with Gasteiger partial charge < -0.3 is 14.0 Å². The average molecular weight is 606 g/mol. The van der Waals surface area contributed by atoms with Crippen molar-refractivity contribution in [3.8, 4) is 5.75 Å². The highest BCUT2D eigenvalue weighted by atomic mass is 16.5. The molecule has 5 aromatic carbocycles. The lowest BCUT2D eigenvalue weighted by Crippen LogP contribution is -2.29. The number of hydrogen-bond acceptors (Lipinski definition) is 5. The highest BCUT2D eigenvalue weighted by molar-refractivity contribution is 5.81. The van der Waals surface area contributed by atoms with Crippen LogP contribution in [-0.4, -0.2) is 16.8 Å². The number of aromatic nitrogens is 1. The summed E-state index contributed by atoms with van der Waals surface area (Å²) in [4.78, 5) is 40.2. The van der Waals surface area contributed by atoms with E-state index in [1.54, 1.807) is 12.1 Å². The van der Waals surface area contributed by atoms with Crippen LogP contribution in [-0.2, 0) is 9.53 Å². The van der Waals surface area contributed by atoms with Crippen molar-refractivity contribution in [1.29, 1.82) is 0 Å². The Kier molecular flexibility index (Phi) is 9.26. The molecule has 0 fully saturated rings. The van der Waals surface area contributed by atoms with Crippen LogP contribution in [0.15, 0.2) is 169 Å². The van der Waals surface area contributed by atoms with Gasteiger partial charge in [0.1, 0.15) is 6.10 Å². The zero-order chi connectivity index (χ0) is 31.7. The molecule has 226 valence electrons. The lowest BCUT2D eigenvalue weighted by Gasteiger charge is -2.26. The second kappa shape index (κ2) is 14.2. The van der Waals surface area contributed by atoms with Crippen molar-refractivity contribution in [1.82, 2.24) is 4.57 Å². The molecule has 6 rings (SSSR count). The van der Waals surface area contributed by atoms with Gasteiger partial charge in [0.05, 0.1) is 11.9 Å². The molecule has 0 aliphatic carbocycles. The molecule has 0 bridgehead atoms. The van der Waals surface area contributed by atoms with E-state index in [4.69, 9.17) is 9.47 Å². The second-order valence-corrected chi connectivity index (χ2v) is 10.7. The first-order chi connectivity index (χ1) is 22.6. The van der Waals surface area contributed by atoms with Crippen LogP contribution in [0.2, 0.25) is 0 Å². The standard InChI is InChI=1S/C40H31NO5/c42-28-34-26-35(43)36(45-38(30-18-8-2-9-19-30)31-20-10-3-11-21-31)27-41(34)37(29-16-6-1-7-17-29)40(44)46-39(32-22-12-4-13-23-32)33-24-14-5-15-25-33/h1-28,37-39H/t37-/m0/s1. The Morgan fingerprint density at radius 1 is 0.565 bits per heavy atom. The fourth-order valence-electron chi connectivity index (χ4n) is 5.47. The number of carbonyl (C=O) groups excluding carboxylic acids is 2. The number of nitrogens with zero attached hydrogens (tertiary/aromatic N) is 1. The van der Waals surface area contributed by atoms with E-state index < -0.39 is 29.6 Å². The number of rotatable bonds is 11. The van der Waals surface area contributed by atoms with Crippen LogP contribution in [0.1, 0.15) is 56.6 Å². The predicted octanol–water partition coefficient (Wildman–Crippen LogP) is 7.75. The number of aldehydes is 1. The number of benzene rings is 5. The van der Waals surface area contributed by atoms with E-state index in [1.165, 1.54) is 16.8 Å². The van der Waals surface area contributed by atoms with Gasteiger partial charge in [0.2, 0.25) is 5.43 Å². The normalized spacial score (nSPS) is 11.6. The largest absolute Gasteiger partial charge is 0.475 e. The van der Waals surface area contributed by atoms with Gasteiger partial charge in [-0.2, -0.15) is 0 Å². The summed E-state index contributed by atoms with van der Waals surface area (Å²) in [5, 5.41) is 0. The summed E-state index contributed by atoms with van der Waals surface area (Å²) in [7, 11) is 0. The van der Waals surface area contributed by atoms with Gasteiger partial charge >= 0.3 is 5.97 Å². The van der Waals surface area contributed by atoms with Gasteiger partial charge in [0.25, 0.3) is 0 Å². The number of hydrogen-bond donors (Lipinski definition) is 0. The third kappa shape index (κ3) is 6.71. The van der Waals surface area contributed by atoms with E-state index in [9.17, 15) is 14.4 Å². The third-order valence-corrected chi connectivity index (χ3v) is 7.70. The summed E-state index contributed by atoms with van der Waals surface area (Å²) < 4.78 is 14.2. The first kappa shape index (κ1) is 30.0. The van der Waals surface area contributed by atoms with Gasteiger partial charge in [0, 0.05) is 6.07 Å². The Balaban J connectivity index is 1.44. The molecule has 6 nitrogen and oxygen atoms in total. The molecule has 1 aromatic heterocycles. The maximum absolute atomic E-state index is 14.4. The molecular formula is C40H31NO5. The first-order valence-corrected chi connectivity index (χ1v) is 15.0. The molecule has 46 heavy (non-hydrogen) atoms. The van der Waals surface area contributed by atoms with Crippen molar-refractivity contribution in [2.75, 3.05) is 0 Å². The summed E-state index contributed by atoms with van der Waals surface area (Å²) in [5.41, 5.74) is 3.37. The number of ether oxygens (including phenoxy) is 2. The molecule has 6 heteroatoms. The first-order valence-electron chi connectivity index (χ1n) is 15.0. The van der Waals surface area contributed by atoms with Crippen molar-refractivity contribution in [3.63, 3.8) is 0 Å². The van der Waals surface area contributed by atoms with Gasteiger partial charge in [-0.05, 0) is 27.8 Å². The Labute approximate surface area is 267 Å². The van der Waals surface area contributed by atoms with Crippen molar-refractivity contribution in [2.45, 2.75) is 18.2 Å². The van der Waals surface area contributed by atoms with Crippen molar-refractivity contribution in [3.05, 3.63) is 208 Å². The predicted molar refractivity (Wildman–Crippen MR) is 177 cm³/mol. The van der Waals surface area contributed by atoms with E-state index in [0.717, 1.165) is 22.3 Å². The molecular weight excluding hydrogens is 574 g/mol. The summed E-state index contributed by atoms with van der Waals surface area (Å²) in [6.07, 6.45) is 0.667. The molecule has 1 atom stereocenters. The molecule has 6 aromatic rings. The smallest absolute Gasteiger partial charge is 0.334 e. The average Bonchev–Trinajstić information content (AvgIpc) is 3.12. The molecule has 1 heterocycles. The number of pyridine rings is 1. The SMILES string of the molecule is O=Cc1cc(=O)c(OC(c2ccccc2)c2ccccc2)cn1[C@H](C(=O)OC(c1ccccc1)c1ccccc1)c1ccccc1. The molecule has 0 unspecified atom stereocenters. The summed E-state index contributed by atoms with van der Waals surface area (Å²) in [5.74, 6) is -0.621. The minimum atomic E-state index is -1.11. The van der Waals surface area contributed by atoms with Crippen molar-refractivity contribution in [2.24, 2.45) is 0 Å². The Hall–Kier alpha value is -6.01. The van der Waals surface area contributed by atoms with Gasteiger partial charge in [-0.1, -0.05) is 152 Å². The van der Waals surface area contributed by atoms with Crippen molar-refractivity contribution < 1.29 is 19.1 Å². The molecule has 0 saturated heterocycles. The van der Waals surface area contributed by atoms with E-state index in [-0.39, 0.29) is 11.4 Å². The third-order valence-electron chi connectivity index (χ3n) is 7.70. The highest BCUT2D eigenvalue weighted by Crippen LogP contribution is 2.32. The molecule has 0 radical (unpaired) electrons. The summed E-state index contributed by atoms with van der Waals surface area (Å²) >= 11 is 0. The van der Waals surface area contributed by atoms with E-state index in [0.29, 0.717) is 11.8 Å². The zero-order valence-electron chi connectivity index (χ0n) is 24.9. The Morgan fingerprint density at radius 2 is 0.957 bits per heavy atom. The van der Waals surface area contributed by atoms with Gasteiger partial charge in [-0.3, -0.25) is 9.59 Å². The maximum Gasteiger partial charge on any atom is 0.334 e. The molecule has 0 saturated carbocycles. The van der Waals surface area contributed by atoms with Gasteiger partial charge in [-0.25, -0.2) is 4.79 Å². The van der Waals surface area contributed by atoms with Gasteiger partial charge in [0.15, 0.2) is 24.2 Å². The molecule has 0 N–H and O–H groups in total. The molecule has 0 aliphatic heterocycles. The Bertz CT molecular complexity index is 1860. The summed E-state index contributed by atoms with van der Waals surface area (Å²) in [6, 6.07) is 47.2. The second-order valence-electron chi connectivity index (χ2n) is 10.7. The van der Waals surface area contributed by atoms with Crippen LogP contribution in [0.4, 0.5) is 0 Å². The van der Waals surface area contributed by atoms with Crippen LogP contribution < -0.4 is 10.2 Å². The maximum atomic E-state index is 14.4.